The molecule has 0 aliphatic heterocycles. The van der Waals surface area contributed by atoms with Crippen LogP contribution < -0.4 is 0 Å². The molecule has 0 saturated carbocycles. The van der Waals surface area contributed by atoms with Crippen molar-refractivity contribution in [3.63, 3.8) is 0 Å². The summed E-state index contributed by atoms with van der Waals surface area (Å²) < 4.78 is 4.95. The van der Waals surface area contributed by atoms with Gasteiger partial charge in [0.1, 0.15) is 0 Å². The average molecular weight is 231 g/mol. The molecule has 17 heavy (non-hydrogen) atoms. The molecule has 1 aromatic carbocycles. The molecule has 0 radical (unpaired) electrons. The lowest BCUT2D eigenvalue weighted by Crippen LogP contribution is -2.10. The summed E-state index contributed by atoms with van der Waals surface area (Å²) in [6.07, 6.45) is 1.50. The van der Waals surface area contributed by atoms with Crippen LogP contribution in [-0.4, -0.2) is 12.6 Å². The van der Waals surface area contributed by atoms with Gasteiger partial charge < -0.3 is 4.74 Å². The zero-order valence-electron chi connectivity index (χ0n) is 10.1. The van der Waals surface area contributed by atoms with Crippen LogP contribution in [0.5, 0.6) is 0 Å². The average Bonchev–Trinajstić information content (AvgIpc) is 2.36. The molecule has 0 spiro atoms. The van der Waals surface area contributed by atoms with Crippen molar-refractivity contribution in [2.75, 3.05) is 6.61 Å². The summed E-state index contributed by atoms with van der Waals surface area (Å²) in [6, 6.07) is 11.9. The van der Waals surface area contributed by atoms with Gasteiger partial charge in [0.25, 0.3) is 0 Å². The lowest BCUT2D eigenvalue weighted by atomic mass is 9.91. The summed E-state index contributed by atoms with van der Waals surface area (Å²) in [6.45, 7) is 2.20. The van der Waals surface area contributed by atoms with E-state index in [-0.39, 0.29) is 11.9 Å². The van der Waals surface area contributed by atoms with Gasteiger partial charge in [0.05, 0.1) is 19.1 Å². The Bertz CT molecular complexity index is 381. The minimum absolute atomic E-state index is 0.0786. The predicted octanol–water partition coefficient (Wildman–Crippen LogP) is 3.03. The first-order valence-corrected chi connectivity index (χ1v) is 5.85. The maximum atomic E-state index is 11.5. The highest BCUT2D eigenvalue weighted by Crippen LogP contribution is 2.25. The Kier molecular flexibility index (Phi) is 5.81. The molecular weight excluding hydrogens is 214 g/mol. The Balaban J connectivity index is 2.67. The molecule has 1 aromatic rings. The van der Waals surface area contributed by atoms with Crippen LogP contribution in [0, 0.1) is 11.3 Å². The fourth-order valence-corrected chi connectivity index (χ4v) is 1.77. The number of carbonyl (C=O) groups excluding carboxylic acids is 1. The fourth-order valence-electron chi connectivity index (χ4n) is 1.77. The summed E-state index contributed by atoms with van der Waals surface area (Å²) in [7, 11) is 0. The smallest absolute Gasteiger partial charge is 0.306 e. The topological polar surface area (TPSA) is 50.1 Å². The van der Waals surface area contributed by atoms with Crippen LogP contribution in [0.2, 0.25) is 0 Å². The van der Waals surface area contributed by atoms with E-state index in [9.17, 15) is 4.79 Å². The molecule has 3 nitrogen and oxygen atoms in total. The SMILES string of the molecule is CCOC(=O)CC(CCC#N)c1ccccc1. The molecule has 0 aliphatic carbocycles. The lowest BCUT2D eigenvalue weighted by molar-refractivity contribution is -0.143. The number of rotatable bonds is 6. The summed E-state index contributed by atoms with van der Waals surface area (Å²) >= 11 is 0. The van der Waals surface area contributed by atoms with Crippen LogP contribution in [-0.2, 0) is 9.53 Å². The van der Waals surface area contributed by atoms with Gasteiger partial charge in [0.15, 0.2) is 0 Å². The van der Waals surface area contributed by atoms with Crippen molar-refractivity contribution in [3.8, 4) is 6.07 Å². The number of hydrogen-bond donors (Lipinski definition) is 0. The van der Waals surface area contributed by atoms with E-state index in [1.165, 1.54) is 0 Å². The van der Waals surface area contributed by atoms with Crippen molar-refractivity contribution in [3.05, 3.63) is 35.9 Å². The van der Waals surface area contributed by atoms with E-state index in [1.807, 2.05) is 30.3 Å². The van der Waals surface area contributed by atoms with Gasteiger partial charge in [0, 0.05) is 6.42 Å². The lowest BCUT2D eigenvalue weighted by Gasteiger charge is -2.14. The van der Waals surface area contributed by atoms with Gasteiger partial charge in [-0.1, -0.05) is 30.3 Å². The number of nitrogens with zero attached hydrogens (tertiary/aromatic N) is 1. The van der Waals surface area contributed by atoms with Gasteiger partial charge >= 0.3 is 5.97 Å². The number of carbonyl (C=O) groups is 1. The van der Waals surface area contributed by atoms with Gasteiger partial charge in [0.2, 0.25) is 0 Å². The summed E-state index contributed by atoms with van der Waals surface area (Å²) in [5, 5.41) is 8.63. The second kappa shape index (κ2) is 7.45. The van der Waals surface area contributed by atoms with Gasteiger partial charge in [-0.05, 0) is 24.8 Å². The number of esters is 1. The third-order valence-corrected chi connectivity index (χ3v) is 2.59. The maximum absolute atomic E-state index is 11.5. The van der Waals surface area contributed by atoms with Gasteiger partial charge in [-0.2, -0.15) is 5.26 Å². The third kappa shape index (κ3) is 4.69. The Morgan fingerprint density at radius 3 is 2.71 bits per heavy atom. The minimum atomic E-state index is -0.195. The van der Waals surface area contributed by atoms with Crippen molar-refractivity contribution in [2.45, 2.75) is 32.1 Å². The van der Waals surface area contributed by atoms with E-state index in [4.69, 9.17) is 10.00 Å². The molecule has 0 aromatic heterocycles. The number of benzene rings is 1. The molecular formula is C14H17NO2. The minimum Gasteiger partial charge on any atom is -0.466 e. The van der Waals surface area contributed by atoms with Crippen molar-refractivity contribution in [1.82, 2.24) is 0 Å². The first-order valence-electron chi connectivity index (χ1n) is 5.85. The number of nitriles is 1. The largest absolute Gasteiger partial charge is 0.466 e. The highest BCUT2D eigenvalue weighted by molar-refractivity contribution is 5.70. The molecule has 0 saturated heterocycles. The van der Waals surface area contributed by atoms with Crippen LogP contribution in [0.25, 0.3) is 0 Å². The van der Waals surface area contributed by atoms with Crippen molar-refractivity contribution >= 4 is 5.97 Å². The van der Waals surface area contributed by atoms with Crippen LogP contribution in [0.15, 0.2) is 30.3 Å². The summed E-state index contributed by atoms with van der Waals surface area (Å²) in [4.78, 5) is 11.5. The molecule has 0 fully saturated rings. The van der Waals surface area contributed by atoms with Crippen molar-refractivity contribution < 1.29 is 9.53 Å². The second-order valence-electron chi connectivity index (χ2n) is 3.81. The molecule has 0 aliphatic rings. The first kappa shape index (κ1) is 13.2. The Morgan fingerprint density at radius 2 is 2.12 bits per heavy atom. The molecule has 1 rings (SSSR count). The Morgan fingerprint density at radius 1 is 1.41 bits per heavy atom. The third-order valence-electron chi connectivity index (χ3n) is 2.59. The van der Waals surface area contributed by atoms with Crippen molar-refractivity contribution in [2.24, 2.45) is 0 Å². The molecule has 1 atom stereocenters. The van der Waals surface area contributed by atoms with Crippen LogP contribution in [0.3, 0.4) is 0 Å². The quantitative estimate of drug-likeness (QED) is 0.707. The first-order chi connectivity index (χ1) is 8.27. The molecule has 3 heteroatoms. The van der Waals surface area contributed by atoms with Crippen molar-refractivity contribution in [1.29, 1.82) is 5.26 Å². The van der Waals surface area contributed by atoms with Gasteiger partial charge in [-0.3, -0.25) is 4.79 Å². The molecule has 0 N–H and O–H groups in total. The van der Waals surface area contributed by atoms with Gasteiger partial charge in [-0.25, -0.2) is 0 Å². The Hall–Kier alpha value is -1.82. The van der Waals surface area contributed by atoms with E-state index < -0.39 is 0 Å². The van der Waals surface area contributed by atoms with Gasteiger partial charge in [-0.15, -0.1) is 0 Å². The van der Waals surface area contributed by atoms with E-state index in [2.05, 4.69) is 6.07 Å². The van der Waals surface area contributed by atoms with Crippen LogP contribution in [0.4, 0.5) is 0 Å². The highest BCUT2D eigenvalue weighted by Gasteiger charge is 2.16. The molecule has 90 valence electrons. The Labute approximate surface area is 102 Å². The van der Waals surface area contributed by atoms with E-state index in [1.54, 1.807) is 6.92 Å². The summed E-state index contributed by atoms with van der Waals surface area (Å²) in [5.74, 6) is -0.116. The predicted molar refractivity (Wildman–Crippen MR) is 65.3 cm³/mol. The van der Waals surface area contributed by atoms with E-state index >= 15 is 0 Å². The van der Waals surface area contributed by atoms with E-state index in [0.29, 0.717) is 25.9 Å². The number of ether oxygens (including phenoxy) is 1. The normalized spacial score (nSPS) is 11.5. The monoisotopic (exact) mass is 231 g/mol. The highest BCUT2D eigenvalue weighted by atomic mass is 16.5. The molecule has 1 unspecified atom stereocenters. The molecule has 0 bridgehead atoms. The standard InChI is InChI=1S/C14H17NO2/c1-2-17-14(16)11-13(9-6-10-15)12-7-4-3-5-8-12/h3-5,7-8,13H,2,6,9,11H2,1H3. The second-order valence-corrected chi connectivity index (χ2v) is 3.81. The number of hydrogen-bond acceptors (Lipinski definition) is 3. The fraction of sp³-hybridized carbons (Fsp3) is 0.429. The van der Waals surface area contributed by atoms with Crippen LogP contribution >= 0.6 is 0 Å². The molecule has 0 heterocycles. The maximum Gasteiger partial charge on any atom is 0.306 e. The molecule has 0 amide bonds. The van der Waals surface area contributed by atoms with E-state index in [0.717, 1.165) is 5.56 Å². The van der Waals surface area contributed by atoms with Crippen LogP contribution in [0.1, 0.15) is 37.7 Å². The summed E-state index contributed by atoms with van der Waals surface area (Å²) in [5.41, 5.74) is 1.09. The zero-order chi connectivity index (χ0) is 12.5. The zero-order valence-corrected chi connectivity index (χ0v) is 10.1.